The van der Waals surface area contributed by atoms with E-state index >= 15 is 0 Å². The fraction of sp³-hybridized carbons (Fsp3) is 0.300. The summed E-state index contributed by atoms with van der Waals surface area (Å²) in [6, 6.07) is 26.9. The van der Waals surface area contributed by atoms with Crippen LogP contribution < -0.4 is 9.47 Å². The summed E-state index contributed by atoms with van der Waals surface area (Å²) in [5, 5.41) is 0. The summed E-state index contributed by atoms with van der Waals surface area (Å²) >= 11 is 0. The van der Waals surface area contributed by atoms with Gasteiger partial charge >= 0.3 is 0 Å². The molecule has 1 heterocycles. The third-order valence-corrected chi connectivity index (χ3v) is 7.35. The van der Waals surface area contributed by atoms with Gasteiger partial charge in [-0.15, -0.1) is 0 Å². The van der Waals surface area contributed by atoms with Crippen LogP contribution in [0.25, 0.3) is 0 Å². The van der Waals surface area contributed by atoms with Gasteiger partial charge in [0.15, 0.2) is 0 Å². The Labute approximate surface area is 201 Å². The van der Waals surface area contributed by atoms with Crippen molar-refractivity contribution < 1.29 is 14.3 Å². The molecule has 1 aliphatic heterocycles. The summed E-state index contributed by atoms with van der Waals surface area (Å²) in [4.78, 5) is 16.1. The van der Waals surface area contributed by atoms with E-state index in [-0.39, 0.29) is 29.6 Å². The van der Waals surface area contributed by atoms with Crippen molar-refractivity contribution in [2.24, 2.45) is 11.8 Å². The van der Waals surface area contributed by atoms with Crippen LogP contribution in [0.5, 0.6) is 11.5 Å². The van der Waals surface area contributed by atoms with E-state index in [0.29, 0.717) is 6.54 Å². The van der Waals surface area contributed by atoms with Gasteiger partial charge in [-0.2, -0.15) is 0 Å². The number of ether oxygens (including phenoxy) is 2. The lowest BCUT2D eigenvalue weighted by Gasteiger charge is -2.45. The molecule has 0 aromatic heterocycles. The van der Waals surface area contributed by atoms with E-state index in [0.717, 1.165) is 30.0 Å². The van der Waals surface area contributed by atoms with Crippen molar-refractivity contribution in [3.05, 3.63) is 108 Å². The molecule has 0 unspecified atom stereocenters. The van der Waals surface area contributed by atoms with Crippen molar-refractivity contribution in [3.8, 4) is 11.5 Å². The number of amides is 1. The Balaban J connectivity index is 1.49. The minimum atomic E-state index is -0.0874. The monoisotopic (exact) mass is 453 g/mol. The zero-order valence-corrected chi connectivity index (χ0v) is 19.8. The molecule has 0 N–H and O–H groups in total. The number of allylic oxidation sites excluding steroid dienone is 2. The highest BCUT2D eigenvalue weighted by molar-refractivity contribution is 5.82. The van der Waals surface area contributed by atoms with Crippen LogP contribution in [-0.4, -0.2) is 31.6 Å². The number of piperidine rings is 1. The second-order valence-electron chi connectivity index (χ2n) is 9.21. The zero-order valence-electron chi connectivity index (χ0n) is 19.8. The topological polar surface area (TPSA) is 38.8 Å². The van der Waals surface area contributed by atoms with Crippen molar-refractivity contribution in [2.45, 2.75) is 24.8 Å². The Morgan fingerprint density at radius 1 is 0.765 bits per heavy atom. The van der Waals surface area contributed by atoms with Gasteiger partial charge in [-0.05, 0) is 53.3 Å². The number of nitrogens with zero attached hydrogens (tertiary/aromatic N) is 1. The Morgan fingerprint density at radius 2 is 1.41 bits per heavy atom. The van der Waals surface area contributed by atoms with Crippen LogP contribution >= 0.6 is 0 Å². The largest absolute Gasteiger partial charge is 0.497 e. The summed E-state index contributed by atoms with van der Waals surface area (Å²) in [5.41, 5.74) is 3.56. The van der Waals surface area contributed by atoms with Gasteiger partial charge in [0.05, 0.1) is 20.1 Å². The molecule has 1 aliphatic carbocycles. The predicted octanol–water partition coefficient (Wildman–Crippen LogP) is 5.81. The molecule has 3 aromatic carbocycles. The van der Waals surface area contributed by atoms with Gasteiger partial charge in [0, 0.05) is 24.9 Å². The second kappa shape index (κ2) is 9.76. The summed E-state index contributed by atoms with van der Waals surface area (Å²) in [7, 11) is 3.35. The molecule has 5 rings (SSSR count). The van der Waals surface area contributed by atoms with Crippen molar-refractivity contribution in [1.29, 1.82) is 0 Å². The number of hydrogen-bond acceptors (Lipinski definition) is 3. The van der Waals surface area contributed by atoms with E-state index in [4.69, 9.17) is 9.47 Å². The number of carbonyl (C=O) groups is 1. The molecule has 174 valence electrons. The Morgan fingerprint density at radius 3 is 2.06 bits per heavy atom. The molecule has 0 spiro atoms. The lowest BCUT2D eigenvalue weighted by molar-refractivity contribution is -0.142. The van der Waals surface area contributed by atoms with E-state index < -0.39 is 0 Å². The number of rotatable bonds is 6. The molecule has 34 heavy (non-hydrogen) atoms. The van der Waals surface area contributed by atoms with Crippen LogP contribution in [0, 0.1) is 11.8 Å². The van der Waals surface area contributed by atoms with Crippen molar-refractivity contribution >= 4 is 5.91 Å². The Hall–Kier alpha value is -3.53. The smallest absolute Gasteiger partial charge is 0.227 e. The Kier molecular flexibility index (Phi) is 6.39. The van der Waals surface area contributed by atoms with Crippen molar-refractivity contribution in [2.75, 3.05) is 20.8 Å². The zero-order chi connectivity index (χ0) is 23.5. The van der Waals surface area contributed by atoms with Crippen LogP contribution in [0.4, 0.5) is 0 Å². The van der Waals surface area contributed by atoms with Crippen LogP contribution in [0.15, 0.2) is 91.0 Å². The van der Waals surface area contributed by atoms with Gasteiger partial charge in [-0.1, -0.05) is 66.7 Å². The highest BCUT2D eigenvalue weighted by Gasteiger charge is 2.46. The lowest BCUT2D eigenvalue weighted by atomic mass is 9.63. The van der Waals surface area contributed by atoms with E-state index in [1.165, 1.54) is 11.1 Å². The summed E-state index contributed by atoms with van der Waals surface area (Å²) in [5.74, 6) is 2.31. The fourth-order valence-corrected chi connectivity index (χ4v) is 5.57. The van der Waals surface area contributed by atoms with Gasteiger partial charge in [0.2, 0.25) is 5.91 Å². The molecule has 0 radical (unpaired) electrons. The SMILES string of the molecule is COc1ccc(CN2CC[C@H]3C=C[C@@H](c4ccccc4)[C@@H](c4ccc(OC)cc4)[C@@H]3C2=O)cc1. The molecule has 1 fully saturated rings. The number of benzene rings is 3. The van der Waals surface area contributed by atoms with Crippen LogP contribution in [0.3, 0.4) is 0 Å². The van der Waals surface area contributed by atoms with Crippen LogP contribution in [0.1, 0.15) is 34.9 Å². The maximum Gasteiger partial charge on any atom is 0.227 e. The minimum Gasteiger partial charge on any atom is -0.497 e. The molecule has 1 amide bonds. The molecule has 4 nitrogen and oxygen atoms in total. The summed E-state index contributed by atoms with van der Waals surface area (Å²) in [6.45, 7) is 1.41. The quantitative estimate of drug-likeness (QED) is 0.443. The second-order valence-corrected chi connectivity index (χ2v) is 9.21. The molecule has 4 heteroatoms. The molecular weight excluding hydrogens is 422 g/mol. The number of fused-ring (bicyclic) bond motifs is 1. The first kappa shape index (κ1) is 22.3. The maximum absolute atomic E-state index is 14.0. The molecule has 3 aromatic rings. The molecular formula is C30H31NO3. The average molecular weight is 454 g/mol. The molecule has 2 aliphatic rings. The number of carbonyl (C=O) groups excluding carboxylic acids is 1. The van der Waals surface area contributed by atoms with E-state index in [9.17, 15) is 4.79 Å². The Bertz CT molecular complexity index is 1140. The normalized spacial score (nSPS) is 23.9. The number of hydrogen-bond donors (Lipinski definition) is 0. The predicted molar refractivity (Wildman–Crippen MR) is 134 cm³/mol. The van der Waals surface area contributed by atoms with Gasteiger partial charge < -0.3 is 14.4 Å². The maximum atomic E-state index is 14.0. The number of methoxy groups -OCH3 is 2. The van der Waals surface area contributed by atoms with Crippen molar-refractivity contribution in [3.63, 3.8) is 0 Å². The van der Waals surface area contributed by atoms with Gasteiger partial charge in [0.1, 0.15) is 11.5 Å². The number of likely N-dealkylation sites (tertiary alicyclic amines) is 1. The van der Waals surface area contributed by atoms with Crippen LogP contribution in [0.2, 0.25) is 0 Å². The lowest BCUT2D eigenvalue weighted by Crippen LogP contribution is -2.49. The van der Waals surface area contributed by atoms with Crippen LogP contribution in [-0.2, 0) is 11.3 Å². The van der Waals surface area contributed by atoms with Crippen molar-refractivity contribution in [1.82, 2.24) is 4.90 Å². The van der Waals surface area contributed by atoms with Gasteiger partial charge in [0.25, 0.3) is 0 Å². The molecule has 0 bridgehead atoms. The highest BCUT2D eigenvalue weighted by Crippen LogP contribution is 2.49. The van der Waals surface area contributed by atoms with E-state index in [1.54, 1.807) is 14.2 Å². The molecule has 0 saturated carbocycles. The third-order valence-electron chi connectivity index (χ3n) is 7.35. The molecule has 4 atom stereocenters. The van der Waals surface area contributed by atoms with E-state index in [1.807, 2.05) is 47.4 Å². The first-order valence-corrected chi connectivity index (χ1v) is 12.0. The summed E-state index contributed by atoms with van der Waals surface area (Å²) < 4.78 is 10.7. The first-order chi connectivity index (χ1) is 16.7. The third kappa shape index (κ3) is 4.33. The fourth-order valence-electron chi connectivity index (χ4n) is 5.57. The minimum absolute atomic E-state index is 0.0782. The highest BCUT2D eigenvalue weighted by atomic mass is 16.5. The van der Waals surface area contributed by atoms with Gasteiger partial charge in [-0.3, -0.25) is 4.79 Å². The first-order valence-electron chi connectivity index (χ1n) is 12.0. The van der Waals surface area contributed by atoms with Gasteiger partial charge in [-0.25, -0.2) is 0 Å². The van der Waals surface area contributed by atoms with E-state index in [2.05, 4.69) is 48.6 Å². The standard InChI is InChI=1S/C30H31NO3/c1-33-25-13-8-21(9-14-25)20-31-19-18-24-12-17-27(22-6-4-3-5-7-22)28(29(24)30(31)32)23-10-15-26(34-2)16-11-23/h3-17,24,27-29H,18-20H2,1-2H3/t24-,27+,28-,29-/m1/s1. The summed E-state index contributed by atoms with van der Waals surface area (Å²) in [6.07, 6.45) is 5.61. The average Bonchev–Trinajstić information content (AvgIpc) is 2.90. The molecule has 1 saturated heterocycles.